The molecule has 3 aliphatic heterocycles. The molecule has 3 heterocycles. The van der Waals surface area contributed by atoms with Gasteiger partial charge in [-0.25, -0.2) is 0 Å². The highest BCUT2D eigenvalue weighted by atomic mass is 16.5. The van der Waals surface area contributed by atoms with Crippen LogP contribution in [0.5, 0.6) is 0 Å². The zero-order chi connectivity index (χ0) is 36.0. The predicted molar refractivity (Wildman–Crippen MR) is 201 cm³/mol. The van der Waals surface area contributed by atoms with Gasteiger partial charge in [0, 0.05) is 61.3 Å². The van der Waals surface area contributed by atoms with Gasteiger partial charge in [0.1, 0.15) is 0 Å². The number of hydrogen-bond acceptors (Lipinski definition) is 7. The van der Waals surface area contributed by atoms with E-state index in [2.05, 4.69) is 81.4 Å². The maximum absolute atomic E-state index is 13.8. The van der Waals surface area contributed by atoms with Crippen molar-refractivity contribution in [1.29, 1.82) is 0 Å². The standard InChI is InChI=1S/C42H71N3O4/c1-39(2,3)37(46)31-45-30-35-27-36(45)29-44(35)22-13-15-32-14-11-17-34(26-32)38(47)41(7,8)19-20-42(9,10)49-25-23-43-21-12-16-33(28-43)18-24-48-40(4,5)6/h11,14,17,26,33,35-36H,12-13,15-16,18-25,27-31H2,1-10H3/t33?,35-,36-/m0/s1. The third kappa shape index (κ3) is 12.5. The summed E-state index contributed by atoms with van der Waals surface area (Å²) in [6, 6.07) is 9.42. The normalized spacial score (nSPS) is 23.0. The van der Waals surface area contributed by atoms with Gasteiger partial charge < -0.3 is 14.4 Å². The van der Waals surface area contributed by atoms with Gasteiger partial charge in [0.25, 0.3) is 0 Å². The quantitative estimate of drug-likeness (QED) is 0.147. The fourth-order valence-corrected chi connectivity index (χ4v) is 7.84. The topological polar surface area (TPSA) is 62.3 Å². The summed E-state index contributed by atoms with van der Waals surface area (Å²) in [4.78, 5) is 33.9. The van der Waals surface area contributed by atoms with E-state index < -0.39 is 5.41 Å². The number of piperidine rings is 1. The molecule has 0 aromatic heterocycles. The first-order valence-electron chi connectivity index (χ1n) is 19.5. The maximum atomic E-state index is 13.8. The summed E-state index contributed by atoms with van der Waals surface area (Å²) in [6.07, 6.45) is 8.56. The largest absolute Gasteiger partial charge is 0.376 e. The van der Waals surface area contributed by atoms with E-state index in [-0.39, 0.29) is 22.4 Å². The van der Waals surface area contributed by atoms with E-state index in [0.717, 1.165) is 90.1 Å². The van der Waals surface area contributed by atoms with Crippen molar-refractivity contribution in [3.8, 4) is 0 Å². The lowest BCUT2D eigenvalue weighted by Crippen LogP contribution is -2.49. The molecular formula is C42H71N3O4. The summed E-state index contributed by atoms with van der Waals surface area (Å²) in [7, 11) is 0. The van der Waals surface area contributed by atoms with Gasteiger partial charge in [0.2, 0.25) is 0 Å². The molecule has 3 fully saturated rings. The molecule has 0 saturated carbocycles. The van der Waals surface area contributed by atoms with Crippen LogP contribution in [0.3, 0.4) is 0 Å². The highest BCUT2D eigenvalue weighted by Crippen LogP contribution is 2.33. The van der Waals surface area contributed by atoms with E-state index in [0.29, 0.717) is 30.3 Å². The first kappa shape index (κ1) is 40.1. The zero-order valence-electron chi connectivity index (χ0n) is 33.0. The number of ether oxygens (including phenoxy) is 2. The van der Waals surface area contributed by atoms with Crippen LogP contribution in [0.4, 0.5) is 0 Å². The van der Waals surface area contributed by atoms with Gasteiger partial charge in [-0.1, -0.05) is 52.8 Å². The average Bonchev–Trinajstić information content (AvgIpc) is 3.59. The molecule has 0 aliphatic carbocycles. The first-order chi connectivity index (χ1) is 22.8. The minimum absolute atomic E-state index is 0.0638. The number of carbonyl (C=O) groups is 2. The molecule has 3 atom stereocenters. The van der Waals surface area contributed by atoms with E-state index in [1.54, 1.807) is 0 Å². The minimum atomic E-state index is -0.455. The Balaban J connectivity index is 1.16. The molecule has 1 unspecified atom stereocenters. The average molecular weight is 682 g/mol. The van der Waals surface area contributed by atoms with Crippen LogP contribution in [0.25, 0.3) is 0 Å². The number of fused-ring (bicyclic) bond motifs is 2. The Hall–Kier alpha value is -1.64. The first-order valence-corrected chi connectivity index (χ1v) is 19.5. The molecule has 3 saturated heterocycles. The van der Waals surface area contributed by atoms with E-state index in [4.69, 9.17) is 9.47 Å². The lowest BCUT2D eigenvalue weighted by atomic mass is 9.78. The van der Waals surface area contributed by atoms with Crippen molar-refractivity contribution in [3.63, 3.8) is 0 Å². The molecule has 0 spiro atoms. The van der Waals surface area contributed by atoms with Crippen molar-refractivity contribution in [2.45, 2.75) is 144 Å². The van der Waals surface area contributed by atoms with Gasteiger partial charge in [-0.2, -0.15) is 0 Å². The number of ketones is 2. The van der Waals surface area contributed by atoms with E-state index in [9.17, 15) is 9.59 Å². The fourth-order valence-electron chi connectivity index (χ4n) is 7.84. The second-order valence-electron chi connectivity index (χ2n) is 18.8. The van der Waals surface area contributed by atoms with Crippen molar-refractivity contribution in [2.75, 3.05) is 59.0 Å². The summed E-state index contributed by atoms with van der Waals surface area (Å²) in [5, 5.41) is 0. The van der Waals surface area contributed by atoms with E-state index >= 15 is 0 Å². The summed E-state index contributed by atoms with van der Waals surface area (Å²) < 4.78 is 12.4. The Morgan fingerprint density at radius 3 is 2.22 bits per heavy atom. The molecular weight excluding hydrogens is 610 g/mol. The van der Waals surface area contributed by atoms with Gasteiger partial charge in [-0.05, 0) is 117 Å². The predicted octanol–water partition coefficient (Wildman–Crippen LogP) is 7.69. The molecule has 0 amide bonds. The van der Waals surface area contributed by atoms with Crippen molar-refractivity contribution >= 4 is 11.6 Å². The minimum Gasteiger partial charge on any atom is -0.376 e. The van der Waals surface area contributed by atoms with Crippen molar-refractivity contribution in [3.05, 3.63) is 35.4 Å². The van der Waals surface area contributed by atoms with Crippen LogP contribution < -0.4 is 0 Å². The number of likely N-dealkylation sites (tertiary alicyclic amines) is 3. The third-order valence-electron chi connectivity index (χ3n) is 11.3. The molecule has 0 N–H and O–H groups in total. The number of rotatable bonds is 18. The number of piperazine rings is 1. The van der Waals surface area contributed by atoms with Crippen LogP contribution in [0.15, 0.2) is 24.3 Å². The molecule has 0 radical (unpaired) electrons. The molecule has 1 aromatic rings. The number of Topliss-reactive ketones (excluding diaryl/α,β-unsaturated/α-hetero) is 2. The molecule has 3 aliphatic rings. The fraction of sp³-hybridized carbons (Fsp3) is 0.810. The number of hydrogen-bond donors (Lipinski definition) is 0. The Bertz CT molecular complexity index is 1230. The van der Waals surface area contributed by atoms with Crippen LogP contribution in [0, 0.1) is 16.7 Å². The van der Waals surface area contributed by atoms with Crippen LogP contribution in [0.2, 0.25) is 0 Å². The maximum Gasteiger partial charge on any atom is 0.168 e. The molecule has 278 valence electrons. The summed E-state index contributed by atoms with van der Waals surface area (Å²) in [6.45, 7) is 29.6. The monoisotopic (exact) mass is 682 g/mol. The van der Waals surface area contributed by atoms with Crippen LogP contribution in [0.1, 0.15) is 130 Å². The smallest absolute Gasteiger partial charge is 0.168 e. The summed E-state index contributed by atoms with van der Waals surface area (Å²) in [5.41, 5.74) is 1.01. The van der Waals surface area contributed by atoms with Gasteiger partial charge in [-0.15, -0.1) is 0 Å². The molecule has 49 heavy (non-hydrogen) atoms. The van der Waals surface area contributed by atoms with Gasteiger partial charge in [0.05, 0.1) is 24.4 Å². The molecule has 7 nitrogen and oxygen atoms in total. The molecule has 7 heteroatoms. The van der Waals surface area contributed by atoms with Gasteiger partial charge >= 0.3 is 0 Å². The molecule has 2 bridgehead atoms. The zero-order valence-corrected chi connectivity index (χ0v) is 33.0. The lowest BCUT2D eigenvalue weighted by molar-refractivity contribution is -0.128. The van der Waals surface area contributed by atoms with Crippen molar-refractivity contribution in [2.24, 2.45) is 16.7 Å². The molecule has 4 rings (SSSR count). The van der Waals surface area contributed by atoms with Gasteiger partial charge in [0.15, 0.2) is 11.6 Å². The van der Waals surface area contributed by atoms with Gasteiger partial charge in [-0.3, -0.25) is 19.4 Å². The number of benzene rings is 1. The Labute approximate surface area is 299 Å². The van der Waals surface area contributed by atoms with E-state index in [1.165, 1.54) is 24.8 Å². The van der Waals surface area contributed by atoms with Crippen LogP contribution >= 0.6 is 0 Å². The van der Waals surface area contributed by atoms with E-state index in [1.807, 2.05) is 26.8 Å². The highest BCUT2D eigenvalue weighted by Gasteiger charge is 2.44. The number of carbonyl (C=O) groups excluding carboxylic acids is 2. The lowest BCUT2D eigenvalue weighted by Gasteiger charge is -2.35. The van der Waals surface area contributed by atoms with Crippen LogP contribution in [-0.2, 0) is 20.7 Å². The van der Waals surface area contributed by atoms with Crippen molar-refractivity contribution in [1.82, 2.24) is 14.7 Å². The third-order valence-corrected chi connectivity index (χ3v) is 11.3. The van der Waals surface area contributed by atoms with Crippen molar-refractivity contribution < 1.29 is 19.1 Å². The Morgan fingerprint density at radius 1 is 0.837 bits per heavy atom. The molecule has 1 aromatic carbocycles. The Kier molecular flexibility index (Phi) is 13.8. The Morgan fingerprint density at radius 2 is 1.55 bits per heavy atom. The van der Waals surface area contributed by atoms with Crippen LogP contribution in [-0.4, -0.2) is 109 Å². The second-order valence-corrected chi connectivity index (χ2v) is 18.8. The second kappa shape index (κ2) is 16.8. The number of nitrogens with zero attached hydrogens (tertiary/aromatic N) is 3. The number of aryl methyl sites for hydroxylation is 1. The SMILES string of the molecule is CC(C)(C)OCCC1CCCN(CCOC(C)(C)CCC(C)(C)C(=O)c2cccc(CCCN3C[C@@H]4C[C@H]3CN4CC(=O)C(C)(C)C)c2)C1. The highest BCUT2D eigenvalue weighted by molar-refractivity contribution is 6.00. The summed E-state index contributed by atoms with van der Waals surface area (Å²) in [5.74, 6) is 1.27. The summed E-state index contributed by atoms with van der Waals surface area (Å²) >= 11 is 0.